The molecule has 28 heavy (non-hydrogen) atoms. The highest BCUT2D eigenvalue weighted by Crippen LogP contribution is 2.32. The van der Waals surface area contributed by atoms with Crippen LogP contribution in [0.2, 0.25) is 0 Å². The third-order valence-corrected chi connectivity index (χ3v) is 6.07. The van der Waals surface area contributed by atoms with E-state index < -0.39 is 0 Å². The van der Waals surface area contributed by atoms with Crippen molar-refractivity contribution in [1.29, 1.82) is 0 Å². The topological polar surface area (TPSA) is 60.0 Å². The molecule has 144 valence electrons. The molecular formula is C21H23N5OS. The number of carbonyl (C=O) groups excluding carboxylic acids is 1. The van der Waals surface area contributed by atoms with E-state index in [2.05, 4.69) is 53.3 Å². The van der Waals surface area contributed by atoms with Crippen LogP contribution < -0.4 is 10.6 Å². The van der Waals surface area contributed by atoms with Crippen LogP contribution in [0, 0.1) is 0 Å². The summed E-state index contributed by atoms with van der Waals surface area (Å²) < 4.78 is 0. The van der Waals surface area contributed by atoms with Crippen LogP contribution in [0.25, 0.3) is 0 Å². The first-order valence-corrected chi connectivity index (χ1v) is 10.7. The number of thiophene rings is 1. The number of hydrogen-bond acceptors (Lipinski definition) is 5. The van der Waals surface area contributed by atoms with Crippen LogP contribution in [0.1, 0.15) is 24.5 Å². The van der Waals surface area contributed by atoms with Crippen molar-refractivity contribution < 1.29 is 4.79 Å². The summed E-state index contributed by atoms with van der Waals surface area (Å²) in [5, 5.41) is 11.2. The molecule has 2 atom stereocenters. The van der Waals surface area contributed by atoms with Crippen LogP contribution in [0.15, 0.2) is 63.7 Å². The Kier molecular flexibility index (Phi) is 4.31. The predicted molar refractivity (Wildman–Crippen MR) is 111 cm³/mol. The summed E-state index contributed by atoms with van der Waals surface area (Å²) in [5.74, 6) is 1.73. The summed E-state index contributed by atoms with van der Waals surface area (Å²) in [6.07, 6.45) is 1.53. The number of hydrogen-bond donors (Lipinski definition) is 2. The number of urea groups is 1. The Hall–Kier alpha value is -2.80. The Morgan fingerprint density at radius 2 is 2.11 bits per heavy atom. The van der Waals surface area contributed by atoms with Crippen molar-refractivity contribution in [3.63, 3.8) is 0 Å². The van der Waals surface area contributed by atoms with E-state index in [0.29, 0.717) is 13.1 Å². The van der Waals surface area contributed by atoms with Crippen LogP contribution in [-0.4, -0.2) is 47.0 Å². The van der Waals surface area contributed by atoms with Crippen LogP contribution in [-0.2, 0) is 6.42 Å². The second kappa shape index (κ2) is 6.98. The monoisotopic (exact) mass is 393 g/mol. The van der Waals surface area contributed by atoms with Gasteiger partial charge in [-0.25, -0.2) is 9.79 Å². The normalized spacial score (nSPS) is 23.3. The highest BCUT2D eigenvalue weighted by Gasteiger charge is 2.46. The molecule has 2 N–H and O–H groups in total. The van der Waals surface area contributed by atoms with Crippen LogP contribution in [0.5, 0.6) is 0 Å². The largest absolute Gasteiger partial charge is 0.365 e. The fraction of sp³-hybridized carbons (Fsp3) is 0.333. The zero-order chi connectivity index (χ0) is 19.1. The summed E-state index contributed by atoms with van der Waals surface area (Å²) in [5.41, 5.74) is 3.33. The van der Waals surface area contributed by atoms with Crippen molar-refractivity contribution in [1.82, 2.24) is 20.4 Å². The van der Waals surface area contributed by atoms with Gasteiger partial charge < -0.3 is 10.6 Å². The van der Waals surface area contributed by atoms with E-state index in [9.17, 15) is 4.79 Å². The number of benzene rings is 1. The number of aliphatic imine (C=N–C) groups is 1. The van der Waals surface area contributed by atoms with Gasteiger partial charge in [0, 0.05) is 30.1 Å². The minimum atomic E-state index is -0.267. The summed E-state index contributed by atoms with van der Waals surface area (Å²) in [6.45, 7) is 3.47. The van der Waals surface area contributed by atoms with Crippen molar-refractivity contribution in [2.45, 2.75) is 32.0 Å². The van der Waals surface area contributed by atoms with Gasteiger partial charge in [-0.2, -0.15) is 11.3 Å². The van der Waals surface area contributed by atoms with Gasteiger partial charge in [0.1, 0.15) is 17.4 Å². The minimum absolute atomic E-state index is 0.0470. The standard InChI is InChI=1S/C21H23N5OS/c1-2-9-25-20-17(23-18(24-20)15-8-10-28-13-15)19-22-16(12-26(19)21(25)27)11-14-6-4-3-5-7-14/h3-8,10,13,16,20,22H,2,9,11-12H2,1H3,(H,23,24)/t16-,20?/m1/s1. The first kappa shape index (κ1) is 17.3. The van der Waals surface area contributed by atoms with Crippen molar-refractivity contribution in [2.24, 2.45) is 4.99 Å². The van der Waals surface area contributed by atoms with Gasteiger partial charge in [-0.3, -0.25) is 9.80 Å². The predicted octanol–water partition coefficient (Wildman–Crippen LogP) is 2.96. The first-order valence-electron chi connectivity index (χ1n) is 9.74. The number of amidine groups is 1. The Labute approximate surface area is 168 Å². The van der Waals surface area contributed by atoms with Gasteiger partial charge in [0.05, 0.1) is 0 Å². The molecule has 1 aromatic carbocycles. The van der Waals surface area contributed by atoms with E-state index in [-0.39, 0.29) is 18.2 Å². The summed E-state index contributed by atoms with van der Waals surface area (Å²) in [7, 11) is 0. The van der Waals surface area contributed by atoms with Gasteiger partial charge in [-0.05, 0) is 29.9 Å². The molecule has 0 bridgehead atoms. The zero-order valence-corrected chi connectivity index (χ0v) is 16.6. The molecule has 0 radical (unpaired) electrons. The second-order valence-electron chi connectivity index (χ2n) is 7.37. The molecule has 2 amide bonds. The van der Waals surface area contributed by atoms with Gasteiger partial charge in [-0.1, -0.05) is 37.3 Å². The molecular weight excluding hydrogens is 370 g/mol. The van der Waals surface area contributed by atoms with Crippen molar-refractivity contribution in [2.75, 3.05) is 13.1 Å². The summed E-state index contributed by atoms with van der Waals surface area (Å²) in [4.78, 5) is 21.8. The van der Waals surface area contributed by atoms with Crippen molar-refractivity contribution in [3.8, 4) is 0 Å². The van der Waals surface area contributed by atoms with E-state index in [4.69, 9.17) is 4.99 Å². The molecule has 0 aliphatic carbocycles. The third-order valence-electron chi connectivity index (χ3n) is 5.39. The number of nitrogens with one attached hydrogen (secondary N) is 2. The van der Waals surface area contributed by atoms with E-state index in [0.717, 1.165) is 35.8 Å². The zero-order valence-electron chi connectivity index (χ0n) is 15.8. The quantitative estimate of drug-likeness (QED) is 0.821. The van der Waals surface area contributed by atoms with Gasteiger partial charge in [-0.15, -0.1) is 0 Å². The smallest absolute Gasteiger partial charge is 0.327 e. The van der Waals surface area contributed by atoms with Crippen molar-refractivity contribution >= 4 is 23.2 Å². The molecule has 6 nitrogen and oxygen atoms in total. The van der Waals surface area contributed by atoms with Gasteiger partial charge in [0.2, 0.25) is 0 Å². The fourth-order valence-corrected chi connectivity index (χ4v) is 4.76. The number of rotatable bonds is 5. The van der Waals surface area contributed by atoms with E-state index in [1.54, 1.807) is 11.3 Å². The number of carbonyl (C=O) groups is 1. The first-order chi connectivity index (χ1) is 13.7. The van der Waals surface area contributed by atoms with Crippen LogP contribution in [0.3, 0.4) is 0 Å². The molecule has 7 heteroatoms. The lowest BCUT2D eigenvalue weighted by atomic mass is 10.1. The lowest BCUT2D eigenvalue weighted by molar-refractivity contribution is 0.146. The molecule has 4 heterocycles. The van der Waals surface area contributed by atoms with E-state index in [1.807, 2.05) is 21.2 Å². The average molecular weight is 394 g/mol. The Balaban J connectivity index is 1.46. The Morgan fingerprint density at radius 1 is 1.25 bits per heavy atom. The van der Waals surface area contributed by atoms with E-state index >= 15 is 0 Å². The molecule has 3 aliphatic rings. The fourth-order valence-electron chi connectivity index (χ4n) is 4.12. The van der Waals surface area contributed by atoms with Crippen LogP contribution in [0.4, 0.5) is 4.79 Å². The molecule has 5 rings (SSSR count). The number of amides is 2. The lowest BCUT2D eigenvalue weighted by Crippen LogP contribution is -2.53. The lowest BCUT2D eigenvalue weighted by Gasteiger charge is -2.36. The molecule has 1 aromatic heterocycles. The van der Waals surface area contributed by atoms with E-state index in [1.165, 1.54) is 5.56 Å². The van der Waals surface area contributed by atoms with Crippen molar-refractivity contribution in [3.05, 3.63) is 69.8 Å². The maximum Gasteiger partial charge on any atom is 0.327 e. The Morgan fingerprint density at radius 3 is 2.86 bits per heavy atom. The second-order valence-corrected chi connectivity index (χ2v) is 8.15. The Bertz CT molecular complexity index is 937. The minimum Gasteiger partial charge on any atom is -0.365 e. The molecule has 2 aromatic rings. The molecule has 1 saturated heterocycles. The third kappa shape index (κ3) is 2.86. The summed E-state index contributed by atoms with van der Waals surface area (Å²) >= 11 is 1.65. The highest BCUT2D eigenvalue weighted by molar-refractivity contribution is 7.08. The highest BCUT2D eigenvalue weighted by atomic mass is 32.1. The molecule has 0 spiro atoms. The van der Waals surface area contributed by atoms with Crippen LogP contribution >= 0.6 is 11.3 Å². The SMILES string of the molecule is CCCN1C(=O)N2C[C@@H](Cc3ccccc3)NC2=C2NC(c3ccsc3)=NC21. The molecule has 3 aliphatic heterocycles. The molecule has 1 fully saturated rings. The van der Waals surface area contributed by atoms with Gasteiger partial charge >= 0.3 is 6.03 Å². The summed E-state index contributed by atoms with van der Waals surface area (Å²) in [6, 6.07) is 12.7. The number of fused-ring (bicyclic) bond motifs is 2. The number of nitrogens with zero attached hydrogens (tertiary/aromatic N) is 3. The maximum atomic E-state index is 13.2. The average Bonchev–Trinajstić information content (AvgIpc) is 3.44. The molecule has 1 unspecified atom stereocenters. The molecule has 0 saturated carbocycles. The van der Waals surface area contributed by atoms with Gasteiger partial charge in [0.25, 0.3) is 0 Å². The van der Waals surface area contributed by atoms with Gasteiger partial charge in [0.15, 0.2) is 6.17 Å². The maximum absolute atomic E-state index is 13.2.